The summed E-state index contributed by atoms with van der Waals surface area (Å²) in [5, 5.41) is 5.91. The number of rotatable bonds is 6. The highest BCUT2D eigenvalue weighted by molar-refractivity contribution is 7.17. The predicted molar refractivity (Wildman–Crippen MR) is 128 cm³/mol. The van der Waals surface area contributed by atoms with Crippen LogP contribution in [0.15, 0.2) is 59.0 Å². The molecule has 0 atom stereocenters. The molecule has 33 heavy (non-hydrogen) atoms. The van der Waals surface area contributed by atoms with Gasteiger partial charge in [-0.15, -0.1) is 11.3 Å². The molecule has 0 saturated carbocycles. The number of benzene rings is 2. The molecule has 0 fully saturated rings. The van der Waals surface area contributed by atoms with Crippen LogP contribution >= 0.6 is 22.9 Å². The summed E-state index contributed by atoms with van der Waals surface area (Å²) in [6, 6.07) is 13.1. The maximum atomic E-state index is 13.1. The summed E-state index contributed by atoms with van der Waals surface area (Å²) in [4.78, 5) is 30.6. The summed E-state index contributed by atoms with van der Waals surface area (Å²) in [7, 11) is 0. The molecule has 168 valence electrons. The smallest absolute Gasteiger partial charge is 0.263 e. The minimum atomic E-state index is -0.251. The normalized spacial score (nSPS) is 12.6. The third-order valence-electron chi connectivity index (χ3n) is 5.37. The van der Waals surface area contributed by atoms with E-state index in [1.54, 1.807) is 12.1 Å². The first-order valence-electron chi connectivity index (χ1n) is 10.5. The second-order valence-electron chi connectivity index (χ2n) is 7.59. The number of thiophene rings is 1. The standard InChI is InChI=1S/C24H20ClN3O4S/c25-17-4-2-16(3-5-17)18-13-33-23-22(18)24(30)28(14-27-23)12-21(29)26-8-7-15-1-6-19-20(11-15)32-10-9-31-19/h1-6,11,13-14H,7-10,12H2,(H,26,29). The average Bonchev–Trinajstić information content (AvgIpc) is 3.26. The van der Waals surface area contributed by atoms with E-state index in [2.05, 4.69) is 10.3 Å². The predicted octanol–water partition coefficient (Wildman–Crippen LogP) is 3.91. The fraction of sp³-hybridized carbons (Fsp3) is 0.208. The van der Waals surface area contributed by atoms with Crippen LogP contribution in [-0.4, -0.2) is 35.2 Å². The Morgan fingerprint density at radius 3 is 2.73 bits per heavy atom. The third kappa shape index (κ3) is 4.58. The molecule has 0 aliphatic carbocycles. The van der Waals surface area contributed by atoms with Gasteiger partial charge in [0.2, 0.25) is 5.91 Å². The molecule has 1 N–H and O–H groups in total. The van der Waals surface area contributed by atoms with E-state index in [9.17, 15) is 9.59 Å². The van der Waals surface area contributed by atoms with Crippen molar-refractivity contribution in [1.82, 2.24) is 14.9 Å². The van der Waals surface area contributed by atoms with Gasteiger partial charge in [-0.05, 0) is 41.8 Å². The van der Waals surface area contributed by atoms with Gasteiger partial charge in [-0.1, -0.05) is 29.8 Å². The number of fused-ring (bicyclic) bond motifs is 2. The lowest BCUT2D eigenvalue weighted by Crippen LogP contribution is -2.33. The van der Waals surface area contributed by atoms with Crippen molar-refractivity contribution in [3.05, 3.63) is 75.1 Å². The SMILES string of the molecule is O=C(Cn1cnc2scc(-c3ccc(Cl)cc3)c2c1=O)NCCc1ccc2c(c1)OCCO2. The van der Waals surface area contributed by atoms with Crippen LogP contribution in [0.2, 0.25) is 5.02 Å². The zero-order valence-corrected chi connectivity index (χ0v) is 19.1. The highest BCUT2D eigenvalue weighted by atomic mass is 35.5. The van der Waals surface area contributed by atoms with Crippen LogP contribution < -0.4 is 20.3 Å². The van der Waals surface area contributed by atoms with Crippen LogP contribution in [0.4, 0.5) is 0 Å². The molecule has 0 saturated heterocycles. The van der Waals surface area contributed by atoms with Gasteiger partial charge in [0.25, 0.3) is 5.56 Å². The van der Waals surface area contributed by atoms with Crippen LogP contribution in [0.1, 0.15) is 5.56 Å². The molecule has 5 rings (SSSR count). The Morgan fingerprint density at radius 2 is 1.91 bits per heavy atom. The minimum Gasteiger partial charge on any atom is -0.486 e. The Hall–Kier alpha value is -3.36. The number of hydrogen-bond donors (Lipinski definition) is 1. The number of nitrogens with one attached hydrogen (secondary N) is 1. The lowest BCUT2D eigenvalue weighted by Gasteiger charge is -2.18. The molecule has 0 radical (unpaired) electrons. The number of halogens is 1. The van der Waals surface area contributed by atoms with Crippen molar-refractivity contribution in [2.45, 2.75) is 13.0 Å². The highest BCUT2D eigenvalue weighted by Crippen LogP contribution is 2.32. The number of amides is 1. The molecule has 0 spiro atoms. The van der Waals surface area contributed by atoms with Crippen LogP contribution in [0.25, 0.3) is 21.3 Å². The summed E-state index contributed by atoms with van der Waals surface area (Å²) in [5.41, 5.74) is 2.46. The highest BCUT2D eigenvalue weighted by Gasteiger charge is 2.15. The third-order valence-corrected chi connectivity index (χ3v) is 6.51. The van der Waals surface area contributed by atoms with Gasteiger partial charge in [0.1, 0.15) is 24.6 Å². The van der Waals surface area contributed by atoms with Crippen molar-refractivity contribution in [2.75, 3.05) is 19.8 Å². The summed E-state index contributed by atoms with van der Waals surface area (Å²) in [6.07, 6.45) is 2.06. The minimum absolute atomic E-state index is 0.0984. The molecule has 7 nitrogen and oxygen atoms in total. The van der Waals surface area contributed by atoms with Crippen molar-refractivity contribution in [3.8, 4) is 22.6 Å². The maximum absolute atomic E-state index is 13.1. The van der Waals surface area contributed by atoms with Crippen molar-refractivity contribution in [2.24, 2.45) is 0 Å². The monoisotopic (exact) mass is 481 g/mol. The molecular weight excluding hydrogens is 462 g/mol. The molecule has 1 amide bonds. The van der Waals surface area contributed by atoms with Gasteiger partial charge in [0.15, 0.2) is 11.5 Å². The van der Waals surface area contributed by atoms with Gasteiger partial charge in [-0.2, -0.15) is 0 Å². The fourth-order valence-electron chi connectivity index (χ4n) is 3.72. The number of aromatic nitrogens is 2. The molecule has 0 unspecified atom stereocenters. The first-order valence-corrected chi connectivity index (χ1v) is 11.7. The molecule has 1 aliphatic rings. The molecule has 1 aliphatic heterocycles. The van der Waals surface area contributed by atoms with Gasteiger partial charge in [-0.25, -0.2) is 4.98 Å². The van der Waals surface area contributed by atoms with Crippen molar-refractivity contribution < 1.29 is 14.3 Å². The van der Waals surface area contributed by atoms with E-state index in [4.69, 9.17) is 21.1 Å². The molecule has 2 aromatic heterocycles. The van der Waals surface area contributed by atoms with E-state index >= 15 is 0 Å². The van der Waals surface area contributed by atoms with Crippen LogP contribution in [0.5, 0.6) is 11.5 Å². The Labute approximate surface area is 198 Å². The number of nitrogens with zero attached hydrogens (tertiary/aromatic N) is 2. The molecule has 2 aromatic carbocycles. The van der Waals surface area contributed by atoms with Crippen LogP contribution in [-0.2, 0) is 17.8 Å². The largest absolute Gasteiger partial charge is 0.486 e. The Morgan fingerprint density at radius 1 is 1.12 bits per heavy atom. The number of carbonyl (C=O) groups excluding carboxylic acids is 1. The van der Waals surface area contributed by atoms with Crippen LogP contribution in [0, 0.1) is 0 Å². The topological polar surface area (TPSA) is 82.5 Å². The quantitative estimate of drug-likeness (QED) is 0.451. The van der Waals surface area contributed by atoms with Crippen molar-refractivity contribution in [3.63, 3.8) is 0 Å². The van der Waals surface area contributed by atoms with Gasteiger partial charge in [0, 0.05) is 22.5 Å². The van der Waals surface area contributed by atoms with E-state index in [1.807, 2.05) is 35.7 Å². The van der Waals surface area contributed by atoms with Gasteiger partial charge in [0.05, 0.1) is 11.7 Å². The van der Waals surface area contributed by atoms with Gasteiger partial charge < -0.3 is 14.8 Å². The first-order chi connectivity index (χ1) is 16.1. The fourth-order valence-corrected chi connectivity index (χ4v) is 4.75. The van der Waals surface area contributed by atoms with E-state index < -0.39 is 0 Å². The zero-order chi connectivity index (χ0) is 22.8. The number of carbonyl (C=O) groups is 1. The molecule has 0 bridgehead atoms. The Balaban J connectivity index is 1.26. The first kappa shape index (κ1) is 21.5. The van der Waals surface area contributed by atoms with E-state index in [-0.39, 0.29) is 18.0 Å². The molecule has 3 heterocycles. The van der Waals surface area contributed by atoms with Crippen molar-refractivity contribution in [1.29, 1.82) is 0 Å². The Kier molecular flexibility index (Phi) is 6.02. The van der Waals surface area contributed by atoms with Gasteiger partial charge in [-0.3, -0.25) is 14.2 Å². The summed E-state index contributed by atoms with van der Waals surface area (Å²) in [5.74, 6) is 1.21. The maximum Gasteiger partial charge on any atom is 0.263 e. The molecular formula is C24H20ClN3O4S. The second kappa shape index (κ2) is 9.25. The van der Waals surface area contributed by atoms with Crippen molar-refractivity contribution >= 4 is 39.1 Å². The molecule has 4 aromatic rings. The van der Waals surface area contributed by atoms with E-state index in [0.29, 0.717) is 41.4 Å². The zero-order valence-electron chi connectivity index (χ0n) is 17.5. The van der Waals surface area contributed by atoms with Gasteiger partial charge >= 0.3 is 0 Å². The number of ether oxygens (including phenoxy) is 2. The molecule has 9 heteroatoms. The summed E-state index contributed by atoms with van der Waals surface area (Å²) < 4.78 is 12.5. The van der Waals surface area contributed by atoms with E-state index in [0.717, 1.165) is 28.2 Å². The van der Waals surface area contributed by atoms with E-state index in [1.165, 1.54) is 22.2 Å². The Bertz CT molecular complexity index is 1380. The second-order valence-corrected chi connectivity index (χ2v) is 8.89. The summed E-state index contributed by atoms with van der Waals surface area (Å²) in [6.45, 7) is 1.43. The average molecular weight is 482 g/mol. The lowest BCUT2D eigenvalue weighted by molar-refractivity contribution is -0.121. The van der Waals surface area contributed by atoms with Crippen LogP contribution in [0.3, 0.4) is 0 Å². The summed E-state index contributed by atoms with van der Waals surface area (Å²) >= 11 is 7.38. The number of hydrogen-bond acceptors (Lipinski definition) is 6. The lowest BCUT2D eigenvalue weighted by atomic mass is 10.1.